The van der Waals surface area contributed by atoms with Crippen LogP contribution in [0.1, 0.15) is 12.5 Å². The van der Waals surface area contributed by atoms with E-state index in [4.69, 9.17) is 9.94 Å². The van der Waals surface area contributed by atoms with Gasteiger partial charge in [-0.15, -0.1) is 0 Å². The van der Waals surface area contributed by atoms with Gasteiger partial charge < -0.3 is 9.94 Å². The summed E-state index contributed by atoms with van der Waals surface area (Å²) in [6, 6.07) is 3.68. The van der Waals surface area contributed by atoms with E-state index >= 15 is 0 Å². The molecule has 1 aromatic carbocycles. The molecule has 0 atom stereocenters. The van der Waals surface area contributed by atoms with Gasteiger partial charge in [0.15, 0.2) is 0 Å². The second kappa shape index (κ2) is 4.79. The van der Waals surface area contributed by atoms with Gasteiger partial charge in [0.1, 0.15) is 5.75 Å². The van der Waals surface area contributed by atoms with Gasteiger partial charge in [-0.25, -0.2) is 0 Å². The van der Waals surface area contributed by atoms with Crippen LogP contribution in [0.5, 0.6) is 5.75 Å². The number of benzene rings is 1. The normalized spacial score (nSPS) is 11.6. The first kappa shape index (κ1) is 11.5. The quantitative estimate of drug-likeness (QED) is 0.515. The minimum Gasteiger partial charge on any atom is -0.496 e. The first-order valence-electron chi connectivity index (χ1n) is 3.82. The third-order valence-corrected chi connectivity index (χ3v) is 2.83. The van der Waals surface area contributed by atoms with E-state index in [1.165, 1.54) is 0 Å². The van der Waals surface area contributed by atoms with Crippen LogP contribution in [0.25, 0.3) is 0 Å². The summed E-state index contributed by atoms with van der Waals surface area (Å²) >= 11 is 6.72. The lowest BCUT2D eigenvalue weighted by molar-refractivity contribution is 0.318. The summed E-state index contributed by atoms with van der Waals surface area (Å²) in [6.07, 6.45) is 0. The van der Waals surface area contributed by atoms with E-state index in [2.05, 4.69) is 37.0 Å². The van der Waals surface area contributed by atoms with Crippen LogP contribution >= 0.6 is 31.9 Å². The van der Waals surface area contributed by atoms with Crippen LogP contribution in [-0.2, 0) is 0 Å². The lowest BCUT2D eigenvalue weighted by Gasteiger charge is -2.09. The van der Waals surface area contributed by atoms with Crippen LogP contribution < -0.4 is 4.74 Å². The largest absolute Gasteiger partial charge is 0.496 e. The minimum atomic E-state index is 0.501. The Morgan fingerprint density at radius 1 is 1.43 bits per heavy atom. The number of oxime groups is 1. The first-order chi connectivity index (χ1) is 6.60. The fraction of sp³-hybridized carbons (Fsp3) is 0.222. The zero-order chi connectivity index (χ0) is 10.7. The lowest BCUT2D eigenvalue weighted by Crippen LogP contribution is -2.00. The number of hydrogen-bond donors (Lipinski definition) is 1. The molecular formula is C9H9Br2NO2. The molecule has 1 N–H and O–H groups in total. The maximum atomic E-state index is 8.70. The highest BCUT2D eigenvalue weighted by Gasteiger charge is 2.12. The Bertz CT molecular complexity index is 377. The van der Waals surface area contributed by atoms with Crippen LogP contribution in [0, 0.1) is 0 Å². The van der Waals surface area contributed by atoms with Crippen molar-refractivity contribution in [3.63, 3.8) is 0 Å². The van der Waals surface area contributed by atoms with Crippen molar-refractivity contribution in [3.05, 3.63) is 26.6 Å². The molecular weight excluding hydrogens is 314 g/mol. The molecule has 0 aromatic heterocycles. The molecule has 0 bridgehead atoms. The van der Waals surface area contributed by atoms with Crippen LogP contribution in [0.15, 0.2) is 26.2 Å². The minimum absolute atomic E-state index is 0.501. The second-order valence-electron chi connectivity index (χ2n) is 2.65. The zero-order valence-corrected chi connectivity index (χ0v) is 10.9. The predicted octanol–water partition coefficient (Wildman–Crippen LogP) is 3.42. The molecule has 1 rings (SSSR count). The molecule has 0 fully saturated rings. The molecule has 0 radical (unpaired) electrons. The maximum absolute atomic E-state index is 8.70. The highest BCUT2D eigenvalue weighted by Crippen LogP contribution is 2.31. The van der Waals surface area contributed by atoms with Gasteiger partial charge in [-0.1, -0.05) is 21.1 Å². The van der Waals surface area contributed by atoms with Crippen molar-refractivity contribution in [3.8, 4) is 5.75 Å². The molecule has 76 valence electrons. The Morgan fingerprint density at radius 3 is 2.57 bits per heavy atom. The van der Waals surface area contributed by atoms with Crippen molar-refractivity contribution in [2.75, 3.05) is 7.11 Å². The average Bonchev–Trinajstić information content (AvgIpc) is 2.15. The van der Waals surface area contributed by atoms with Gasteiger partial charge in [-0.2, -0.15) is 0 Å². The number of methoxy groups -OCH3 is 1. The average molecular weight is 323 g/mol. The standard InChI is InChI=1S/C9H9Br2NO2/c1-5(12-13)9-7(11)3-6(10)4-8(9)14-2/h3-4,13H,1-2H3/b12-5+. The van der Waals surface area contributed by atoms with E-state index < -0.39 is 0 Å². The molecule has 0 saturated heterocycles. The van der Waals surface area contributed by atoms with E-state index in [1.807, 2.05) is 12.1 Å². The molecule has 0 unspecified atom stereocenters. The van der Waals surface area contributed by atoms with Gasteiger partial charge in [0.05, 0.1) is 18.4 Å². The fourth-order valence-electron chi connectivity index (χ4n) is 1.11. The summed E-state index contributed by atoms with van der Waals surface area (Å²) in [4.78, 5) is 0. The van der Waals surface area contributed by atoms with Gasteiger partial charge in [0.2, 0.25) is 0 Å². The molecule has 0 saturated carbocycles. The molecule has 0 aliphatic heterocycles. The number of rotatable bonds is 2. The molecule has 14 heavy (non-hydrogen) atoms. The molecule has 5 heteroatoms. The summed E-state index contributed by atoms with van der Waals surface area (Å²) in [5, 5.41) is 11.9. The number of hydrogen-bond acceptors (Lipinski definition) is 3. The van der Waals surface area contributed by atoms with E-state index in [0.717, 1.165) is 14.5 Å². The summed E-state index contributed by atoms with van der Waals surface area (Å²) in [7, 11) is 1.57. The summed E-state index contributed by atoms with van der Waals surface area (Å²) in [5.74, 6) is 0.654. The van der Waals surface area contributed by atoms with Crippen molar-refractivity contribution in [1.82, 2.24) is 0 Å². The summed E-state index contributed by atoms with van der Waals surface area (Å²) in [5.41, 5.74) is 1.25. The van der Waals surface area contributed by atoms with Gasteiger partial charge in [-0.05, 0) is 35.0 Å². The molecule has 0 aliphatic carbocycles. The van der Waals surface area contributed by atoms with Crippen molar-refractivity contribution >= 4 is 37.6 Å². The molecule has 3 nitrogen and oxygen atoms in total. The highest BCUT2D eigenvalue weighted by molar-refractivity contribution is 9.11. The zero-order valence-electron chi connectivity index (χ0n) is 7.71. The van der Waals surface area contributed by atoms with E-state index in [0.29, 0.717) is 11.5 Å². The lowest BCUT2D eigenvalue weighted by atomic mass is 10.1. The van der Waals surface area contributed by atoms with Crippen molar-refractivity contribution in [2.45, 2.75) is 6.92 Å². The van der Waals surface area contributed by atoms with Gasteiger partial charge in [0.25, 0.3) is 0 Å². The molecule has 0 aliphatic rings. The topological polar surface area (TPSA) is 41.8 Å². The summed E-state index contributed by atoms with van der Waals surface area (Å²) in [6.45, 7) is 1.70. The Balaban J connectivity index is 3.40. The highest BCUT2D eigenvalue weighted by atomic mass is 79.9. The first-order valence-corrected chi connectivity index (χ1v) is 5.40. The molecule has 0 heterocycles. The number of ether oxygens (including phenoxy) is 1. The predicted molar refractivity (Wildman–Crippen MR) is 62.4 cm³/mol. The molecule has 0 amide bonds. The monoisotopic (exact) mass is 321 g/mol. The van der Waals surface area contributed by atoms with Crippen molar-refractivity contribution < 1.29 is 9.94 Å². The number of nitrogens with zero attached hydrogens (tertiary/aromatic N) is 1. The Labute approximate surface area is 99.0 Å². The number of halogens is 2. The summed E-state index contributed by atoms with van der Waals surface area (Å²) < 4.78 is 6.90. The van der Waals surface area contributed by atoms with E-state index in [9.17, 15) is 0 Å². The fourth-order valence-corrected chi connectivity index (χ4v) is 2.59. The SMILES string of the molecule is COc1cc(Br)cc(Br)c1/C(C)=N/O. The third-order valence-electron chi connectivity index (χ3n) is 1.75. The third kappa shape index (κ3) is 2.27. The van der Waals surface area contributed by atoms with Gasteiger partial charge >= 0.3 is 0 Å². The van der Waals surface area contributed by atoms with Crippen molar-refractivity contribution in [1.29, 1.82) is 0 Å². The second-order valence-corrected chi connectivity index (χ2v) is 4.42. The smallest absolute Gasteiger partial charge is 0.130 e. The van der Waals surface area contributed by atoms with Crippen LogP contribution in [0.2, 0.25) is 0 Å². The van der Waals surface area contributed by atoms with Crippen LogP contribution in [0.4, 0.5) is 0 Å². The Hall–Kier alpha value is -0.550. The molecule has 1 aromatic rings. The van der Waals surface area contributed by atoms with Gasteiger partial charge in [-0.3, -0.25) is 0 Å². The maximum Gasteiger partial charge on any atom is 0.130 e. The van der Waals surface area contributed by atoms with Crippen molar-refractivity contribution in [2.24, 2.45) is 5.16 Å². The van der Waals surface area contributed by atoms with Gasteiger partial charge in [0, 0.05) is 8.95 Å². The molecule has 0 spiro atoms. The Morgan fingerprint density at radius 2 is 2.07 bits per heavy atom. The van der Waals surface area contributed by atoms with E-state index in [1.54, 1.807) is 14.0 Å². The Kier molecular flexibility index (Phi) is 3.95. The van der Waals surface area contributed by atoms with Crippen LogP contribution in [0.3, 0.4) is 0 Å². The van der Waals surface area contributed by atoms with Crippen LogP contribution in [-0.4, -0.2) is 18.0 Å². The van der Waals surface area contributed by atoms with E-state index in [-0.39, 0.29) is 0 Å².